The highest BCUT2D eigenvalue weighted by atomic mass is 35.5. The van der Waals surface area contributed by atoms with E-state index < -0.39 is 0 Å². The number of halogens is 1. The molecular weight excluding hydrogens is 332 g/mol. The standard InChI is InChI=1S/C18H13ClN4.C2H6/c19-12-5-6-15-16(22-23-17(15)9-12)8-7-14-13-4-2-1-3-11(13)10-21-18(14)20;1-2/h2,4-6,9-10H,1,3H2,(H2,20,21)(H,22,23);1-2H3. The molecule has 0 spiro atoms. The van der Waals surface area contributed by atoms with E-state index in [-0.39, 0.29) is 0 Å². The minimum Gasteiger partial charge on any atom is -0.383 e. The Hall–Kier alpha value is -2.77. The normalized spacial score (nSPS) is 12.0. The second kappa shape index (κ2) is 7.42. The van der Waals surface area contributed by atoms with Crippen LogP contribution in [0.2, 0.25) is 5.02 Å². The van der Waals surface area contributed by atoms with Crippen molar-refractivity contribution in [1.29, 1.82) is 0 Å². The highest BCUT2D eigenvalue weighted by Gasteiger charge is 2.12. The van der Waals surface area contributed by atoms with Crippen LogP contribution in [0.5, 0.6) is 0 Å². The Morgan fingerprint density at radius 3 is 2.92 bits per heavy atom. The smallest absolute Gasteiger partial charge is 0.139 e. The second-order valence-corrected chi connectivity index (χ2v) is 5.84. The number of pyridine rings is 1. The van der Waals surface area contributed by atoms with E-state index in [1.54, 1.807) is 0 Å². The zero-order valence-electron chi connectivity index (χ0n) is 14.2. The number of aryl methyl sites for hydroxylation is 1. The van der Waals surface area contributed by atoms with Gasteiger partial charge in [-0.1, -0.05) is 43.5 Å². The molecule has 5 heteroatoms. The number of rotatable bonds is 0. The van der Waals surface area contributed by atoms with Gasteiger partial charge in [0.2, 0.25) is 0 Å². The zero-order chi connectivity index (χ0) is 17.8. The average Bonchev–Trinajstić information content (AvgIpc) is 3.04. The molecule has 3 aromatic rings. The van der Waals surface area contributed by atoms with Crippen LogP contribution in [0.15, 0.2) is 30.5 Å². The third-order valence-electron chi connectivity index (χ3n) is 3.93. The van der Waals surface area contributed by atoms with Crippen molar-refractivity contribution in [2.75, 3.05) is 5.73 Å². The van der Waals surface area contributed by atoms with Crippen LogP contribution in [-0.2, 0) is 6.42 Å². The lowest BCUT2D eigenvalue weighted by molar-refractivity contribution is 0.970. The van der Waals surface area contributed by atoms with Gasteiger partial charge in [0.25, 0.3) is 0 Å². The molecule has 3 N–H and O–H groups in total. The number of benzene rings is 1. The summed E-state index contributed by atoms with van der Waals surface area (Å²) in [6.07, 6.45) is 8.05. The Morgan fingerprint density at radius 1 is 1.24 bits per heavy atom. The molecule has 25 heavy (non-hydrogen) atoms. The number of nitrogen functional groups attached to an aromatic ring is 1. The van der Waals surface area contributed by atoms with E-state index in [0.717, 1.165) is 40.6 Å². The van der Waals surface area contributed by atoms with E-state index in [0.29, 0.717) is 10.8 Å². The molecule has 4 rings (SSSR count). The molecule has 0 unspecified atom stereocenters. The highest BCUT2D eigenvalue weighted by Crippen LogP contribution is 2.25. The summed E-state index contributed by atoms with van der Waals surface area (Å²) in [5.41, 5.74) is 10.6. The predicted octanol–water partition coefficient (Wildman–Crippen LogP) is 4.58. The van der Waals surface area contributed by atoms with Gasteiger partial charge in [-0.2, -0.15) is 5.10 Å². The number of hydrogen-bond acceptors (Lipinski definition) is 3. The fourth-order valence-corrected chi connectivity index (χ4v) is 2.91. The van der Waals surface area contributed by atoms with Crippen LogP contribution in [0.3, 0.4) is 0 Å². The van der Waals surface area contributed by atoms with Crippen molar-refractivity contribution in [3.05, 3.63) is 57.9 Å². The molecule has 0 saturated carbocycles. The fourth-order valence-electron chi connectivity index (χ4n) is 2.75. The van der Waals surface area contributed by atoms with Gasteiger partial charge in [-0.05, 0) is 48.1 Å². The largest absolute Gasteiger partial charge is 0.383 e. The first-order valence-corrected chi connectivity index (χ1v) is 8.70. The summed E-state index contributed by atoms with van der Waals surface area (Å²) in [5, 5.41) is 8.77. The van der Waals surface area contributed by atoms with Crippen LogP contribution in [0, 0.1) is 11.8 Å². The number of H-pyrrole nitrogens is 1. The number of hydrogen-bond donors (Lipinski definition) is 2. The van der Waals surface area contributed by atoms with E-state index in [2.05, 4.69) is 39.2 Å². The lowest BCUT2D eigenvalue weighted by atomic mass is 9.95. The summed E-state index contributed by atoms with van der Waals surface area (Å²) < 4.78 is 0. The maximum Gasteiger partial charge on any atom is 0.139 e. The van der Waals surface area contributed by atoms with Gasteiger partial charge in [0.1, 0.15) is 11.5 Å². The van der Waals surface area contributed by atoms with Crippen molar-refractivity contribution >= 4 is 34.4 Å². The van der Waals surface area contributed by atoms with E-state index >= 15 is 0 Å². The van der Waals surface area contributed by atoms with Crippen molar-refractivity contribution in [2.45, 2.75) is 26.7 Å². The molecule has 0 aliphatic heterocycles. The molecule has 4 nitrogen and oxygen atoms in total. The number of aromatic amines is 1. The summed E-state index contributed by atoms with van der Waals surface area (Å²) in [5.74, 6) is 6.74. The number of anilines is 1. The molecule has 2 heterocycles. The lowest BCUT2D eigenvalue weighted by Gasteiger charge is -2.12. The Kier molecular flexibility index (Phi) is 5.06. The van der Waals surface area contributed by atoms with Gasteiger partial charge in [0.15, 0.2) is 0 Å². The van der Waals surface area contributed by atoms with Crippen molar-refractivity contribution in [1.82, 2.24) is 15.2 Å². The van der Waals surface area contributed by atoms with E-state index in [4.69, 9.17) is 17.3 Å². The fraction of sp³-hybridized carbons (Fsp3) is 0.200. The van der Waals surface area contributed by atoms with Crippen LogP contribution < -0.4 is 5.73 Å². The summed E-state index contributed by atoms with van der Waals surface area (Å²) >= 11 is 5.98. The molecular formula is C20H19ClN4. The van der Waals surface area contributed by atoms with Crippen LogP contribution in [0.1, 0.15) is 42.7 Å². The minimum absolute atomic E-state index is 0.453. The van der Waals surface area contributed by atoms with Crippen molar-refractivity contribution in [2.24, 2.45) is 0 Å². The van der Waals surface area contributed by atoms with Gasteiger partial charge in [0, 0.05) is 16.6 Å². The topological polar surface area (TPSA) is 67.6 Å². The molecule has 0 radical (unpaired) electrons. The molecule has 0 saturated heterocycles. The summed E-state index contributed by atoms with van der Waals surface area (Å²) in [4.78, 5) is 4.26. The lowest BCUT2D eigenvalue weighted by Crippen LogP contribution is -2.03. The maximum absolute atomic E-state index is 6.03. The molecule has 1 aromatic carbocycles. The number of nitrogens with one attached hydrogen (secondary N) is 1. The minimum atomic E-state index is 0.453. The molecule has 0 fully saturated rings. The number of aromatic nitrogens is 3. The highest BCUT2D eigenvalue weighted by molar-refractivity contribution is 6.31. The molecule has 0 amide bonds. The molecule has 2 aromatic heterocycles. The van der Waals surface area contributed by atoms with E-state index in [1.807, 2.05) is 38.2 Å². The number of allylic oxidation sites excluding steroid dienone is 1. The second-order valence-electron chi connectivity index (χ2n) is 5.41. The summed E-state index contributed by atoms with van der Waals surface area (Å²) in [7, 11) is 0. The van der Waals surface area contributed by atoms with E-state index in [9.17, 15) is 0 Å². The SMILES string of the molecule is CC.Nc1ncc2c(c1C#Cc1[nH]nc3cc(Cl)ccc13)C=CCC2. The van der Waals surface area contributed by atoms with Gasteiger partial charge in [-0.3, -0.25) is 5.10 Å². The number of nitrogens with zero attached hydrogens (tertiary/aromatic N) is 2. The third-order valence-corrected chi connectivity index (χ3v) is 4.16. The molecule has 1 aliphatic rings. The molecule has 126 valence electrons. The number of nitrogens with two attached hydrogens (primary N) is 1. The van der Waals surface area contributed by atoms with Crippen LogP contribution >= 0.6 is 11.6 Å². The quantitative estimate of drug-likeness (QED) is 0.583. The predicted molar refractivity (Wildman–Crippen MR) is 104 cm³/mol. The van der Waals surface area contributed by atoms with Crippen LogP contribution in [-0.4, -0.2) is 15.2 Å². The van der Waals surface area contributed by atoms with Gasteiger partial charge in [-0.25, -0.2) is 4.98 Å². The summed E-state index contributed by atoms with van der Waals surface area (Å²) in [6.45, 7) is 4.00. The first kappa shape index (κ1) is 17.1. The first-order valence-electron chi connectivity index (χ1n) is 8.32. The zero-order valence-corrected chi connectivity index (χ0v) is 15.0. The van der Waals surface area contributed by atoms with E-state index in [1.165, 1.54) is 5.56 Å². The van der Waals surface area contributed by atoms with Crippen LogP contribution in [0.25, 0.3) is 17.0 Å². The molecule has 0 bridgehead atoms. The first-order chi connectivity index (χ1) is 12.2. The molecule has 0 atom stereocenters. The Bertz CT molecular complexity index is 1010. The summed E-state index contributed by atoms with van der Waals surface area (Å²) in [6, 6.07) is 5.54. The molecule has 1 aliphatic carbocycles. The van der Waals surface area contributed by atoms with Gasteiger partial charge in [0.05, 0.1) is 11.1 Å². The van der Waals surface area contributed by atoms with Crippen molar-refractivity contribution in [3.8, 4) is 11.8 Å². The average molecular weight is 351 g/mol. The van der Waals surface area contributed by atoms with Crippen molar-refractivity contribution < 1.29 is 0 Å². The maximum atomic E-state index is 6.03. The monoisotopic (exact) mass is 350 g/mol. The van der Waals surface area contributed by atoms with Gasteiger partial charge < -0.3 is 5.73 Å². The third kappa shape index (κ3) is 3.38. The van der Waals surface area contributed by atoms with Crippen LogP contribution in [0.4, 0.5) is 5.82 Å². The Labute approximate surface area is 152 Å². The Morgan fingerprint density at radius 2 is 2.08 bits per heavy atom. The number of fused-ring (bicyclic) bond motifs is 2. The Balaban J connectivity index is 0.000000880. The van der Waals surface area contributed by atoms with Gasteiger partial charge >= 0.3 is 0 Å². The van der Waals surface area contributed by atoms with Crippen molar-refractivity contribution in [3.63, 3.8) is 0 Å². The van der Waals surface area contributed by atoms with Gasteiger partial charge in [-0.15, -0.1) is 0 Å².